The molecular weight excluding hydrogens is 156 g/mol. The van der Waals surface area contributed by atoms with Crippen molar-refractivity contribution in [1.29, 1.82) is 0 Å². The van der Waals surface area contributed by atoms with Gasteiger partial charge in [0, 0.05) is 24.9 Å². The van der Waals surface area contributed by atoms with Crippen LogP contribution in [-0.2, 0) is 13.0 Å². The number of rotatable bonds is 0. The molecular formula is C8H10N2O2. The fourth-order valence-electron chi connectivity index (χ4n) is 1.51. The second-order valence-electron chi connectivity index (χ2n) is 2.94. The molecule has 1 aliphatic rings. The number of H-pyrrole nitrogens is 1. The first-order valence-corrected chi connectivity index (χ1v) is 3.90. The Balaban J connectivity index is 2.20. The maximum atomic E-state index is 10.6. The van der Waals surface area contributed by atoms with E-state index in [0.29, 0.717) is 13.1 Å². The molecule has 0 aromatic carbocycles. The van der Waals surface area contributed by atoms with Gasteiger partial charge in [0.15, 0.2) is 0 Å². The third-order valence-electron chi connectivity index (χ3n) is 2.19. The fourth-order valence-corrected chi connectivity index (χ4v) is 1.51. The van der Waals surface area contributed by atoms with Crippen molar-refractivity contribution >= 4 is 6.09 Å². The second kappa shape index (κ2) is 2.55. The van der Waals surface area contributed by atoms with Crippen molar-refractivity contribution in [2.24, 2.45) is 0 Å². The zero-order valence-corrected chi connectivity index (χ0v) is 6.58. The zero-order chi connectivity index (χ0) is 8.55. The Hall–Kier alpha value is -1.45. The zero-order valence-electron chi connectivity index (χ0n) is 6.58. The molecule has 64 valence electrons. The van der Waals surface area contributed by atoms with E-state index in [0.717, 1.165) is 12.0 Å². The number of aromatic amines is 1. The number of nitrogens with one attached hydrogen (secondary N) is 1. The molecule has 4 heteroatoms. The smallest absolute Gasteiger partial charge is 0.407 e. The van der Waals surface area contributed by atoms with Gasteiger partial charge in [0.2, 0.25) is 0 Å². The van der Waals surface area contributed by atoms with Gasteiger partial charge in [0.1, 0.15) is 0 Å². The molecule has 1 aromatic rings. The summed E-state index contributed by atoms with van der Waals surface area (Å²) in [5, 5.41) is 8.72. The molecule has 4 nitrogen and oxygen atoms in total. The van der Waals surface area contributed by atoms with E-state index in [9.17, 15) is 4.79 Å². The van der Waals surface area contributed by atoms with Crippen LogP contribution in [0, 0.1) is 0 Å². The van der Waals surface area contributed by atoms with Crippen LogP contribution in [0.3, 0.4) is 0 Å². The summed E-state index contributed by atoms with van der Waals surface area (Å²) >= 11 is 0. The van der Waals surface area contributed by atoms with Gasteiger partial charge in [-0.15, -0.1) is 0 Å². The van der Waals surface area contributed by atoms with E-state index in [4.69, 9.17) is 5.11 Å². The Morgan fingerprint density at radius 1 is 1.67 bits per heavy atom. The van der Waals surface area contributed by atoms with Gasteiger partial charge in [-0.3, -0.25) is 0 Å². The van der Waals surface area contributed by atoms with E-state index in [1.165, 1.54) is 10.6 Å². The third-order valence-corrected chi connectivity index (χ3v) is 2.19. The first kappa shape index (κ1) is 7.21. The topological polar surface area (TPSA) is 56.3 Å². The Bertz CT molecular complexity index is 306. The van der Waals surface area contributed by atoms with Crippen molar-refractivity contribution in [3.63, 3.8) is 0 Å². The molecule has 0 unspecified atom stereocenters. The summed E-state index contributed by atoms with van der Waals surface area (Å²) in [4.78, 5) is 15.1. The fraction of sp³-hybridized carbons (Fsp3) is 0.375. The van der Waals surface area contributed by atoms with Crippen molar-refractivity contribution < 1.29 is 9.90 Å². The summed E-state index contributed by atoms with van der Waals surface area (Å²) in [6.07, 6.45) is 1.83. The minimum atomic E-state index is -0.832. The van der Waals surface area contributed by atoms with Crippen molar-refractivity contribution in [2.75, 3.05) is 6.54 Å². The number of aromatic nitrogens is 1. The van der Waals surface area contributed by atoms with E-state index in [1.807, 2.05) is 12.3 Å². The maximum Gasteiger partial charge on any atom is 0.407 e. The molecule has 0 bridgehead atoms. The van der Waals surface area contributed by atoms with Crippen molar-refractivity contribution in [3.05, 3.63) is 23.5 Å². The number of hydrogen-bond donors (Lipinski definition) is 2. The molecule has 0 radical (unpaired) electrons. The quantitative estimate of drug-likeness (QED) is 0.605. The molecule has 1 amide bonds. The van der Waals surface area contributed by atoms with Crippen LogP contribution in [0.4, 0.5) is 4.79 Å². The number of hydrogen-bond acceptors (Lipinski definition) is 1. The Morgan fingerprint density at radius 2 is 2.50 bits per heavy atom. The third kappa shape index (κ3) is 1.05. The Kier molecular flexibility index (Phi) is 1.53. The minimum Gasteiger partial charge on any atom is -0.465 e. The molecule has 0 spiro atoms. The monoisotopic (exact) mass is 166 g/mol. The van der Waals surface area contributed by atoms with Crippen molar-refractivity contribution in [2.45, 2.75) is 13.0 Å². The molecule has 0 saturated carbocycles. The molecule has 2 heterocycles. The predicted octanol–water partition coefficient (Wildman–Crippen LogP) is 1.05. The van der Waals surface area contributed by atoms with Crippen molar-refractivity contribution in [1.82, 2.24) is 9.88 Å². The first-order valence-electron chi connectivity index (χ1n) is 3.90. The molecule has 0 atom stereocenters. The van der Waals surface area contributed by atoms with Crippen LogP contribution in [0.25, 0.3) is 0 Å². The van der Waals surface area contributed by atoms with Crippen LogP contribution in [0.5, 0.6) is 0 Å². The van der Waals surface area contributed by atoms with Crippen LogP contribution < -0.4 is 0 Å². The average molecular weight is 166 g/mol. The number of amides is 1. The lowest BCUT2D eigenvalue weighted by molar-refractivity contribution is 0.140. The maximum absolute atomic E-state index is 10.6. The number of carbonyl (C=O) groups is 1. The minimum absolute atomic E-state index is 0.522. The Morgan fingerprint density at radius 3 is 3.25 bits per heavy atom. The van der Waals surface area contributed by atoms with Crippen LogP contribution in [0.2, 0.25) is 0 Å². The van der Waals surface area contributed by atoms with E-state index in [2.05, 4.69) is 4.98 Å². The largest absolute Gasteiger partial charge is 0.465 e. The van der Waals surface area contributed by atoms with E-state index >= 15 is 0 Å². The number of nitrogens with zero attached hydrogens (tertiary/aromatic N) is 1. The SMILES string of the molecule is O=C(O)N1CCc2[nH]ccc2C1. The molecule has 1 aromatic heterocycles. The van der Waals surface area contributed by atoms with Gasteiger partial charge in [0.05, 0.1) is 6.54 Å². The molecule has 2 N–H and O–H groups in total. The molecule has 0 aliphatic carbocycles. The summed E-state index contributed by atoms with van der Waals surface area (Å²) in [6.45, 7) is 1.12. The lowest BCUT2D eigenvalue weighted by Gasteiger charge is -2.23. The number of carboxylic acid groups (broad SMARTS) is 1. The highest BCUT2D eigenvalue weighted by molar-refractivity contribution is 5.65. The standard InChI is InChI=1S/C8H10N2O2/c11-8(12)10-4-2-7-6(5-10)1-3-9-7/h1,3,9H,2,4-5H2,(H,11,12). The van der Waals surface area contributed by atoms with Crippen molar-refractivity contribution in [3.8, 4) is 0 Å². The highest BCUT2D eigenvalue weighted by Gasteiger charge is 2.19. The molecule has 0 fully saturated rings. The highest BCUT2D eigenvalue weighted by atomic mass is 16.4. The van der Waals surface area contributed by atoms with Crippen LogP contribution >= 0.6 is 0 Å². The van der Waals surface area contributed by atoms with Crippen LogP contribution in [0.1, 0.15) is 11.3 Å². The lowest BCUT2D eigenvalue weighted by atomic mass is 10.1. The normalized spacial score (nSPS) is 15.8. The van der Waals surface area contributed by atoms with Crippen LogP contribution in [-0.4, -0.2) is 27.6 Å². The van der Waals surface area contributed by atoms with Gasteiger partial charge in [0.25, 0.3) is 0 Å². The molecule has 12 heavy (non-hydrogen) atoms. The van der Waals surface area contributed by atoms with Gasteiger partial charge >= 0.3 is 6.09 Å². The summed E-state index contributed by atoms with van der Waals surface area (Å²) in [5.74, 6) is 0. The van der Waals surface area contributed by atoms with Gasteiger partial charge in [-0.05, 0) is 11.6 Å². The number of fused-ring (bicyclic) bond motifs is 1. The second-order valence-corrected chi connectivity index (χ2v) is 2.94. The summed E-state index contributed by atoms with van der Waals surface area (Å²) in [6, 6.07) is 1.93. The average Bonchev–Trinajstić information content (AvgIpc) is 2.49. The lowest BCUT2D eigenvalue weighted by Crippen LogP contribution is -2.34. The first-order chi connectivity index (χ1) is 5.77. The van der Waals surface area contributed by atoms with Gasteiger partial charge < -0.3 is 15.0 Å². The highest BCUT2D eigenvalue weighted by Crippen LogP contribution is 2.16. The van der Waals surface area contributed by atoms with Gasteiger partial charge in [-0.25, -0.2) is 4.79 Å². The van der Waals surface area contributed by atoms with E-state index in [1.54, 1.807) is 0 Å². The van der Waals surface area contributed by atoms with Gasteiger partial charge in [-0.2, -0.15) is 0 Å². The van der Waals surface area contributed by atoms with Gasteiger partial charge in [-0.1, -0.05) is 0 Å². The van der Waals surface area contributed by atoms with E-state index < -0.39 is 6.09 Å². The molecule has 0 saturated heterocycles. The van der Waals surface area contributed by atoms with E-state index in [-0.39, 0.29) is 0 Å². The molecule has 2 rings (SSSR count). The van der Waals surface area contributed by atoms with Crippen LogP contribution in [0.15, 0.2) is 12.3 Å². The summed E-state index contributed by atoms with van der Waals surface area (Å²) < 4.78 is 0. The summed E-state index contributed by atoms with van der Waals surface area (Å²) in [5.41, 5.74) is 2.27. The molecule has 1 aliphatic heterocycles. The Labute approximate surface area is 69.8 Å². The summed E-state index contributed by atoms with van der Waals surface area (Å²) in [7, 11) is 0. The predicted molar refractivity (Wildman–Crippen MR) is 42.9 cm³/mol.